The molecule has 0 fully saturated rings. The van der Waals surface area contributed by atoms with Gasteiger partial charge in [0.2, 0.25) is 0 Å². The van der Waals surface area contributed by atoms with Crippen molar-refractivity contribution in [2.45, 2.75) is 19.9 Å². The van der Waals surface area contributed by atoms with E-state index in [1.807, 2.05) is 36.4 Å². The van der Waals surface area contributed by atoms with Crippen LogP contribution in [0.4, 0.5) is 0 Å². The maximum absolute atomic E-state index is 13.7. The molecule has 0 saturated heterocycles. The highest BCUT2D eigenvalue weighted by Gasteiger charge is 2.34. The standard InChI is InChI=1S/C25H23BrN2O5S/c1-5-33-24(30)21-14(2)27-25-28(22(21)17-8-6-7-9-19(17)32-4)23(29)20(34-25)13-15-12-16(26)10-11-18(15)31-3/h6-13,22H,5H2,1-4H3. The van der Waals surface area contributed by atoms with Gasteiger partial charge in [-0.1, -0.05) is 45.5 Å². The molecular weight excluding hydrogens is 520 g/mol. The molecule has 1 atom stereocenters. The molecule has 1 aliphatic heterocycles. The second-order valence-electron chi connectivity index (χ2n) is 7.43. The van der Waals surface area contributed by atoms with Gasteiger partial charge in [-0.3, -0.25) is 9.36 Å². The number of rotatable bonds is 6. The molecule has 0 amide bonds. The molecule has 1 aromatic heterocycles. The van der Waals surface area contributed by atoms with E-state index < -0.39 is 12.0 Å². The quantitative estimate of drug-likeness (QED) is 0.445. The Morgan fingerprint density at radius 3 is 2.62 bits per heavy atom. The van der Waals surface area contributed by atoms with Crippen LogP contribution in [0.2, 0.25) is 0 Å². The number of nitrogens with zero attached hydrogens (tertiary/aromatic N) is 2. The second-order valence-corrected chi connectivity index (χ2v) is 9.36. The molecule has 0 aliphatic carbocycles. The van der Waals surface area contributed by atoms with Gasteiger partial charge < -0.3 is 14.2 Å². The van der Waals surface area contributed by atoms with Crippen molar-refractivity contribution in [3.8, 4) is 11.5 Å². The fraction of sp³-hybridized carbons (Fsp3) is 0.240. The number of allylic oxidation sites excluding steroid dienone is 1. The number of fused-ring (bicyclic) bond motifs is 1. The van der Waals surface area contributed by atoms with Gasteiger partial charge in [-0.2, -0.15) is 0 Å². The minimum Gasteiger partial charge on any atom is -0.496 e. The van der Waals surface area contributed by atoms with Crippen LogP contribution in [0, 0.1) is 0 Å². The lowest BCUT2D eigenvalue weighted by Crippen LogP contribution is -2.40. The zero-order chi connectivity index (χ0) is 24.4. The van der Waals surface area contributed by atoms with Crippen molar-refractivity contribution in [2.24, 2.45) is 4.99 Å². The zero-order valence-electron chi connectivity index (χ0n) is 19.1. The van der Waals surface area contributed by atoms with Gasteiger partial charge in [-0.25, -0.2) is 9.79 Å². The van der Waals surface area contributed by atoms with Crippen molar-refractivity contribution < 1.29 is 19.0 Å². The molecule has 0 N–H and O–H groups in total. The molecule has 0 spiro atoms. The van der Waals surface area contributed by atoms with Crippen molar-refractivity contribution in [1.29, 1.82) is 0 Å². The third-order valence-electron chi connectivity index (χ3n) is 5.43. The molecule has 3 aromatic rings. The summed E-state index contributed by atoms with van der Waals surface area (Å²) in [6.07, 6.45) is 1.77. The van der Waals surface area contributed by atoms with Crippen LogP contribution in [-0.2, 0) is 9.53 Å². The Balaban J connectivity index is 2.01. The van der Waals surface area contributed by atoms with Gasteiger partial charge in [-0.05, 0) is 44.2 Å². The van der Waals surface area contributed by atoms with Crippen LogP contribution < -0.4 is 24.4 Å². The minimum atomic E-state index is -0.738. The smallest absolute Gasteiger partial charge is 0.338 e. The van der Waals surface area contributed by atoms with Crippen LogP contribution in [0.25, 0.3) is 6.08 Å². The fourth-order valence-corrected chi connectivity index (χ4v) is 5.35. The maximum Gasteiger partial charge on any atom is 0.338 e. The molecule has 2 aromatic carbocycles. The number of carbonyl (C=O) groups excluding carboxylic acids is 1. The average Bonchev–Trinajstić information content (AvgIpc) is 3.12. The summed E-state index contributed by atoms with van der Waals surface area (Å²) in [6, 6.07) is 12.2. The Morgan fingerprint density at radius 2 is 1.91 bits per heavy atom. The SMILES string of the molecule is CCOC(=O)C1=C(C)N=c2sc(=Cc3cc(Br)ccc3OC)c(=O)n2C1c1ccccc1OC. The highest BCUT2D eigenvalue weighted by atomic mass is 79.9. The van der Waals surface area contributed by atoms with Gasteiger partial charge in [-0.15, -0.1) is 0 Å². The molecule has 7 nitrogen and oxygen atoms in total. The number of thiazole rings is 1. The largest absolute Gasteiger partial charge is 0.496 e. The Kier molecular flexibility index (Phi) is 7.04. The van der Waals surface area contributed by atoms with E-state index in [0.717, 1.165) is 10.0 Å². The van der Waals surface area contributed by atoms with E-state index in [1.54, 1.807) is 40.2 Å². The highest BCUT2D eigenvalue weighted by molar-refractivity contribution is 9.10. The van der Waals surface area contributed by atoms with Crippen LogP contribution in [0.5, 0.6) is 11.5 Å². The normalized spacial score (nSPS) is 15.6. The minimum absolute atomic E-state index is 0.210. The van der Waals surface area contributed by atoms with Gasteiger partial charge in [0.1, 0.15) is 17.5 Å². The predicted molar refractivity (Wildman–Crippen MR) is 134 cm³/mol. The topological polar surface area (TPSA) is 79.1 Å². The van der Waals surface area contributed by atoms with Crippen molar-refractivity contribution in [1.82, 2.24) is 4.57 Å². The summed E-state index contributed by atoms with van der Waals surface area (Å²) in [5, 5.41) is 0. The van der Waals surface area contributed by atoms with E-state index in [-0.39, 0.29) is 12.2 Å². The third kappa shape index (κ3) is 4.33. The Bertz CT molecular complexity index is 1470. The van der Waals surface area contributed by atoms with E-state index in [4.69, 9.17) is 14.2 Å². The van der Waals surface area contributed by atoms with E-state index in [9.17, 15) is 9.59 Å². The van der Waals surface area contributed by atoms with Gasteiger partial charge in [0, 0.05) is 15.6 Å². The van der Waals surface area contributed by atoms with Crippen molar-refractivity contribution in [2.75, 3.05) is 20.8 Å². The molecule has 176 valence electrons. The number of hydrogen-bond acceptors (Lipinski definition) is 7. The van der Waals surface area contributed by atoms with Crippen LogP contribution in [0.3, 0.4) is 0 Å². The predicted octanol–water partition coefficient (Wildman–Crippen LogP) is 3.58. The van der Waals surface area contributed by atoms with Crippen LogP contribution in [-0.4, -0.2) is 31.4 Å². The Hall–Kier alpha value is -3.17. The summed E-state index contributed by atoms with van der Waals surface area (Å²) in [6.45, 7) is 3.71. The number of para-hydroxylation sites is 1. The summed E-state index contributed by atoms with van der Waals surface area (Å²) in [5.74, 6) is 0.688. The number of carbonyl (C=O) groups is 1. The number of hydrogen-bond donors (Lipinski definition) is 0. The number of benzene rings is 2. The number of methoxy groups -OCH3 is 2. The number of halogens is 1. The van der Waals surface area contributed by atoms with Crippen LogP contribution in [0.15, 0.2) is 68.0 Å². The Morgan fingerprint density at radius 1 is 1.18 bits per heavy atom. The molecular formula is C25H23BrN2O5S. The lowest BCUT2D eigenvalue weighted by Gasteiger charge is -2.25. The first-order valence-electron chi connectivity index (χ1n) is 10.6. The van der Waals surface area contributed by atoms with E-state index in [1.165, 1.54) is 15.9 Å². The highest BCUT2D eigenvalue weighted by Crippen LogP contribution is 2.35. The fourth-order valence-electron chi connectivity index (χ4n) is 3.94. The molecule has 1 unspecified atom stereocenters. The molecule has 1 aliphatic rings. The molecule has 9 heteroatoms. The van der Waals surface area contributed by atoms with Gasteiger partial charge in [0.25, 0.3) is 5.56 Å². The van der Waals surface area contributed by atoms with E-state index >= 15 is 0 Å². The summed E-state index contributed by atoms with van der Waals surface area (Å²) >= 11 is 4.73. The summed E-state index contributed by atoms with van der Waals surface area (Å²) < 4.78 is 19.2. The molecule has 0 bridgehead atoms. The van der Waals surface area contributed by atoms with Crippen molar-refractivity contribution in [3.63, 3.8) is 0 Å². The van der Waals surface area contributed by atoms with Crippen molar-refractivity contribution in [3.05, 3.63) is 89.0 Å². The first kappa shape index (κ1) is 24.0. The average molecular weight is 543 g/mol. The lowest BCUT2D eigenvalue weighted by molar-refractivity contribution is -0.139. The first-order valence-corrected chi connectivity index (χ1v) is 12.2. The molecule has 0 saturated carbocycles. The maximum atomic E-state index is 13.7. The monoisotopic (exact) mass is 542 g/mol. The molecule has 34 heavy (non-hydrogen) atoms. The van der Waals surface area contributed by atoms with Crippen LogP contribution >= 0.6 is 27.3 Å². The van der Waals surface area contributed by atoms with E-state index in [2.05, 4.69) is 20.9 Å². The van der Waals surface area contributed by atoms with E-state index in [0.29, 0.717) is 37.7 Å². The zero-order valence-corrected chi connectivity index (χ0v) is 21.5. The summed E-state index contributed by atoms with van der Waals surface area (Å²) in [4.78, 5) is 31.8. The molecule has 0 radical (unpaired) electrons. The Labute approximate surface area is 208 Å². The summed E-state index contributed by atoms with van der Waals surface area (Å²) in [7, 11) is 3.14. The van der Waals surface area contributed by atoms with Gasteiger partial charge in [0.15, 0.2) is 4.80 Å². The second kappa shape index (κ2) is 9.99. The first-order chi connectivity index (χ1) is 16.4. The van der Waals surface area contributed by atoms with Crippen molar-refractivity contribution >= 4 is 39.3 Å². The summed E-state index contributed by atoms with van der Waals surface area (Å²) in [5.41, 5.74) is 1.97. The van der Waals surface area contributed by atoms with Gasteiger partial charge >= 0.3 is 5.97 Å². The number of ether oxygens (including phenoxy) is 3. The van der Waals surface area contributed by atoms with Gasteiger partial charge in [0.05, 0.1) is 36.6 Å². The lowest BCUT2D eigenvalue weighted by atomic mass is 9.95. The third-order valence-corrected chi connectivity index (χ3v) is 6.91. The van der Waals surface area contributed by atoms with Crippen LogP contribution in [0.1, 0.15) is 31.0 Å². The molecule has 4 rings (SSSR count). The molecule has 2 heterocycles. The number of aromatic nitrogens is 1. The number of esters is 1.